The molecule has 3 unspecified atom stereocenters. The maximum absolute atomic E-state index is 12.2. The lowest BCUT2D eigenvalue weighted by atomic mass is 10.0. The zero-order chi connectivity index (χ0) is 15.4. The Kier molecular flexibility index (Phi) is 5.17. The number of nitrogens with one attached hydrogen (secondary N) is 1. The van der Waals surface area contributed by atoms with Gasteiger partial charge in [0.05, 0.1) is 18.8 Å². The highest BCUT2D eigenvalue weighted by Crippen LogP contribution is 2.29. The number of carboxylic acids is 1. The minimum atomic E-state index is -0.941. The Bertz CT molecular complexity index is 426. The van der Waals surface area contributed by atoms with Crippen molar-refractivity contribution in [2.75, 3.05) is 13.2 Å². The van der Waals surface area contributed by atoms with Crippen molar-refractivity contribution in [2.24, 2.45) is 5.92 Å². The molecule has 1 saturated carbocycles. The van der Waals surface area contributed by atoms with Crippen molar-refractivity contribution in [2.45, 2.75) is 51.2 Å². The third-order valence-corrected chi connectivity index (χ3v) is 4.05. The third-order valence-electron chi connectivity index (χ3n) is 4.05. The van der Waals surface area contributed by atoms with Crippen LogP contribution in [-0.2, 0) is 14.3 Å². The first-order valence-electron chi connectivity index (χ1n) is 7.41. The molecule has 118 valence electrons. The molecule has 2 aliphatic rings. The number of fused-ring (bicyclic) bond motifs is 1. The van der Waals surface area contributed by atoms with Crippen molar-refractivity contribution in [3.8, 4) is 0 Å². The smallest absolute Gasteiger partial charge is 0.324 e. The molecule has 0 aromatic heterocycles. The second-order valence-electron chi connectivity index (χ2n) is 5.86. The molecule has 1 aliphatic carbocycles. The van der Waals surface area contributed by atoms with Gasteiger partial charge in [-0.05, 0) is 25.2 Å². The number of nitrogens with zero attached hydrogens (tertiary/aromatic N) is 1. The number of carbonyl (C=O) groups is 3. The Morgan fingerprint density at radius 2 is 2.10 bits per heavy atom. The van der Waals surface area contributed by atoms with Crippen LogP contribution in [0.3, 0.4) is 0 Å². The fraction of sp³-hybridized carbons (Fsp3) is 0.786. The minimum Gasteiger partial charge on any atom is -0.481 e. The van der Waals surface area contributed by atoms with Crippen LogP contribution in [0, 0.1) is 5.92 Å². The molecular weight excluding hydrogens is 276 g/mol. The number of amides is 3. The number of imide groups is 1. The maximum atomic E-state index is 12.2. The number of aliphatic carboxylic acids is 1. The van der Waals surface area contributed by atoms with E-state index in [0.717, 1.165) is 19.3 Å². The van der Waals surface area contributed by atoms with Crippen LogP contribution < -0.4 is 5.32 Å². The average molecular weight is 298 g/mol. The molecule has 0 bridgehead atoms. The quantitative estimate of drug-likeness (QED) is 0.806. The SMILES string of the molecule is CC(CC(=O)O)CC(=O)NC(=O)N1CCOC2CCCC21. The largest absolute Gasteiger partial charge is 0.481 e. The van der Waals surface area contributed by atoms with Gasteiger partial charge < -0.3 is 14.7 Å². The molecule has 2 N–H and O–H groups in total. The summed E-state index contributed by atoms with van der Waals surface area (Å²) in [5.41, 5.74) is 0. The van der Waals surface area contributed by atoms with Gasteiger partial charge in [0.15, 0.2) is 0 Å². The highest BCUT2D eigenvalue weighted by atomic mass is 16.5. The van der Waals surface area contributed by atoms with Gasteiger partial charge in [-0.2, -0.15) is 0 Å². The van der Waals surface area contributed by atoms with E-state index >= 15 is 0 Å². The third kappa shape index (κ3) is 4.17. The van der Waals surface area contributed by atoms with Crippen LogP contribution in [0.1, 0.15) is 39.0 Å². The number of hydrogen-bond acceptors (Lipinski definition) is 4. The van der Waals surface area contributed by atoms with Crippen LogP contribution in [0.25, 0.3) is 0 Å². The van der Waals surface area contributed by atoms with Crippen molar-refractivity contribution in [3.63, 3.8) is 0 Å². The van der Waals surface area contributed by atoms with Gasteiger partial charge in [-0.15, -0.1) is 0 Å². The van der Waals surface area contributed by atoms with Crippen LogP contribution in [0.4, 0.5) is 4.79 Å². The van der Waals surface area contributed by atoms with Crippen molar-refractivity contribution in [1.82, 2.24) is 10.2 Å². The lowest BCUT2D eigenvalue weighted by Crippen LogP contribution is -2.55. The Hall–Kier alpha value is -1.63. The van der Waals surface area contributed by atoms with E-state index in [1.54, 1.807) is 11.8 Å². The molecule has 2 rings (SSSR count). The Labute approximate surface area is 123 Å². The molecule has 3 amide bonds. The number of morpholine rings is 1. The van der Waals surface area contributed by atoms with E-state index in [9.17, 15) is 14.4 Å². The second-order valence-corrected chi connectivity index (χ2v) is 5.86. The van der Waals surface area contributed by atoms with Crippen LogP contribution in [0.15, 0.2) is 0 Å². The number of carboxylic acid groups (broad SMARTS) is 1. The van der Waals surface area contributed by atoms with E-state index in [2.05, 4.69) is 5.32 Å². The summed E-state index contributed by atoms with van der Waals surface area (Å²) in [7, 11) is 0. The monoisotopic (exact) mass is 298 g/mol. The van der Waals surface area contributed by atoms with Crippen molar-refractivity contribution >= 4 is 17.9 Å². The van der Waals surface area contributed by atoms with Gasteiger partial charge in [0, 0.05) is 19.4 Å². The Morgan fingerprint density at radius 1 is 1.33 bits per heavy atom. The van der Waals surface area contributed by atoms with E-state index in [-0.39, 0.29) is 36.9 Å². The summed E-state index contributed by atoms with van der Waals surface area (Å²) >= 11 is 0. The van der Waals surface area contributed by atoms with Crippen molar-refractivity contribution in [3.05, 3.63) is 0 Å². The van der Waals surface area contributed by atoms with Crippen LogP contribution in [-0.4, -0.2) is 53.2 Å². The molecule has 1 heterocycles. The normalized spacial score (nSPS) is 26.0. The van der Waals surface area contributed by atoms with E-state index < -0.39 is 11.9 Å². The van der Waals surface area contributed by atoms with Crippen LogP contribution >= 0.6 is 0 Å². The van der Waals surface area contributed by atoms with Crippen molar-refractivity contribution in [1.29, 1.82) is 0 Å². The van der Waals surface area contributed by atoms with E-state index in [4.69, 9.17) is 9.84 Å². The number of urea groups is 1. The lowest BCUT2D eigenvalue weighted by molar-refractivity contribution is -0.138. The predicted molar refractivity (Wildman–Crippen MR) is 73.7 cm³/mol. The highest BCUT2D eigenvalue weighted by Gasteiger charge is 2.38. The van der Waals surface area contributed by atoms with Gasteiger partial charge in [-0.25, -0.2) is 4.79 Å². The summed E-state index contributed by atoms with van der Waals surface area (Å²) in [5.74, 6) is -1.65. The van der Waals surface area contributed by atoms with Crippen molar-refractivity contribution < 1.29 is 24.2 Å². The van der Waals surface area contributed by atoms with E-state index in [1.165, 1.54) is 0 Å². The summed E-state index contributed by atoms with van der Waals surface area (Å²) in [5, 5.41) is 11.0. The standard InChI is InChI=1S/C14H22N2O5/c1-9(8-13(18)19)7-12(17)15-14(20)16-5-6-21-11-4-2-3-10(11)16/h9-11H,2-8H2,1H3,(H,18,19)(H,15,17,20). The molecule has 1 aliphatic heterocycles. The Morgan fingerprint density at radius 3 is 2.81 bits per heavy atom. The molecule has 7 heteroatoms. The zero-order valence-corrected chi connectivity index (χ0v) is 12.2. The summed E-state index contributed by atoms with van der Waals surface area (Å²) in [6, 6.07) is -0.328. The molecule has 1 saturated heterocycles. The van der Waals surface area contributed by atoms with Gasteiger partial charge in [0.25, 0.3) is 0 Å². The predicted octanol–water partition coefficient (Wildman–Crippen LogP) is 0.977. The fourth-order valence-electron chi connectivity index (χ4n) is 3.11. The molecule has 2 fully saturated rings. The molecular formula is C14H22N2O5. The van der Waals surface area contributed by atoms with Gasteiger partial charge >= 0.3 is 12.0 Å². The molecule has 21 heavy (non-hydrogen) atoms. The summed E-state index contributed by atoms with van der Waals surface area (Å²) in [4.78, 5) is 36.2. The molecule has 0 radical (unpaired) electrons. The van der Waals surface area contributed by atoms with Gasteiger partial charge in [-0.1, -0.05) is 6.92 Å². The maximum Gasteiger partial charge on any atom is 0.324 e. The van der Waals surface area contributed by atoms with Gasteiger partial charge in [0.2, 0.25) is 5.91 Å². The first-order valence-corrected chi connectivity index (χ1v) is 7.41. The molecule has 0 aromatic rings. The highest BCUT2D eigenvalue weighted by molar-refractivity contribution is 5.94. The zero-order valence-electron chi connectivity index (χ0n) is 12.2. The molecule has 0 aromatic carbocycles. The number of ether oxygens (including phenoxy) is 1. The molecule has 3 atom stereocenters. The molecule has 0 spiro atoms. The first-order chi connectivity index (χ1) is 9.97. The summed E-state index contributed by atoms with van der Waals surface area (Å²) in [6.07, 6.45) is 2.94. The topological polar surface area (TPSA) is 95.9 Å². The van der Waals surface area contributed by atoms with E-state index in [0.29, 0.717) is 13.2 Å². The summed E-state index contributed by atoms with van der Waals surface area (Å²) in [6.45, 7) is 2.67. The van der Waals surface area contributed by atoms with Gasteiger partial charge in [-0.3, -0.25) is 14.9 Å². The minimum absolute atomic E-state index is 0.0382. The van der Waals surface area contributed by atoms with Crippen LogP contribution in [0.5, 0.6) is 0 Å². The second kappa shape index (κ2) is 6.89. The lowest BCUT2D eigenvalue weighted by Gasteiger charge is -2.37. The van der Waals surface area contributed by atoms with Gasteiger partial charge in [0.1, 0.15) is 0 Å². The first kappa shape index (κ1) is 15.8. The molecule has 7 nitrogen and oxygen atoms in total. The average Bonchev–Trinajstić information content (AvgIpc) is 2.84. The Balaban J connectivity index is 1.83. The number of rotatable bonds is 4. The van der Waals surface area contributed by atoms with E-state index in [1.807, 2.05) is 0 Å². The fourth-order valence-corrected chi connectivity index (χ4v) is 3.11. The number of carbonyl (C=O) groups excluding carboxylic acids is 2. The number of hydrogen-bond donors (Lipinski definition) is 2. The summed E-state index contributed by atoms with van der Waals surface area (Å²) < 4.78 is 5.62. The van der Waals surface area contributed by atoms with Crippen LogP contribution in [0.2, 0.25) is 0 Å².